The first-order valence-electron chi connectivity index (χ1n) is 5.48. The van der Waals surface area contributed by atoms with Crippen molar-refractivity contribution in [3.05, 3.63) is 24.1 Å². The predicted molar refractivity (Wildman–Crippen MR) is 62.3 cm³/mol. The molecule has 2 aromatic rings. The number of nitrogens with one attached hydrogen (secondary N) is 1. The summed E-state index contributed by atoms with van der Waals surface area (Å²) in [6.45, 7) is 3.98. The second kappa shape index (κ2) is 4.29. The van der Waals surface area contributed by atoms with Crippen LogP contribution in [-0.4, -0.2) is 31.9 Å². The summed E-state index contributed by atoms with van der Waals surface area (Å²) in [6.07, 6.45) is 1.88. The van der Waals surface area contributed by atoms with Gasteiger partial charge in [-0.2, -0.15) is 4.98 Å². The van der Waals surface area contributed by atoms with Crippen molar-refractivity contribution < 1.29 is 9.50 Å². The molecule has 92 valence electrons. The minimum absolute atomic E-state index is 0.350. The van der Waals surface area contributed by atoms with Crippen molar-refractivity contribution in [1.29, 1.82) is 0 Å². The van der Waals surface area contributed by atoms with Crippen molar-refractivity contribution in [2.24, 2.45) is 0 Å². The smallest absolute Gasteiger partial charge is 0.243 e. The Morgan fingerprint density at radius 2 is 2.29 bits per heavy atom. The molecule has 0 aliphatic rings. The van der Waals surface area contributed by atoms with Gasteiger partial charge in [-0.25, -0.2) is 8.91 Å². The Morgan fingerprint density at radius 1 is 1.53 bits per heavy atom. The number of aliphatic hydroxyl groups is 1. The molecule has 2 rings (SSSR count). The normalized spacial score (nSPS) is 14.8. The third-order valence-corrected chi connectivity index (χ3v) is 2.68. The molecule has 1 unspecified atom stereocenters. The molecule has 5 nitrogen and oxygen atoms in total. The molecule has 0 aliphatic heterocycles. The van der Waals surface area contributed by atoms with Crippen LogP contribution in [-0.2, 0) is 0 Å². The maximum absolute atomic E-state index is 12.9. The van der Waals surface area contributed by atoms with Gasteiger partial charge in [-0.1, -0.05) is 6.92 Å². The molecule has 0 saturated heterocycles. The summed E-state index contributed by atoms with van der Waals surface area (Å²) in [5.41, 5.74) is -0.243. The Kier molecular flexibility index (Phi) is 2.97. The number of halogens is 1. The van der Waals surface area contributed by atoms with Crippen LogP contribution < -0.4 is 5.32 Å². The standard InChI is InChI=1S/C11H15FN4O/c1-3-11(2,17)7-13-10-14-9-5-4-8(12)6-16(9)15-10/h4-6,17H,3,7H2,1-2H3,(H,13,15). The average Bonchev–Trinajstić information content (AvgIpc) is 2.68. The molecule has 0 radical (unpaired) electrons. The maximum Gasteiger partial charge on any atom is 0.243 e. The van der Waals surface area contributed by atoms with E-state index in [1.807, 2.05) is 6.92 Å². The van der Waals surface area contributed by atoms with Gasteiger partial charge in [0.25, 0.3) is 0 Å². The van der Waals surface area contributed by atoms with E-state index in [1.54, 1.807) is 13.0 Å². The number of nitrogens with zero attached hydrogens (tertiary/aromatic N) is 3. The van der Waals surface area contributed by atoms with Gasteiger partial charge >= 0.3 is 0 Å². The topological polar surface area (TPSA) is 62.5 Å². The Hall–Kier alpha value is -1.69. The monoisotopic (exact) mass is 238 g/mol. The highest BCUT2D eigenvalue weighted by Crippen LogP contribution is 2.11. The molecule has 0 saturated carbocycles. The molecule has 6 heteroatoms. The van der Waals surface area contributed by atoms with Crippen molar-refractivity contribution in [1.82, 2.24) is 14.6 Å². The van der Waals surface area contributed by atoms with Gasteiger partial charge in [0.15, 0.2) is 5.65 Å². The lowest BCUT2D eigenvalue weighted by atomic mass is 10.0. The maximum atomic E-state index is 12.9. The Balaban J connectivity index is 2.15. The van der Waals surface area contributed by atoms with E-state index in [0.29, 0.717) is 24.6 Å². The summed E-state index contributed by atoms with van der Waals surface area (Å²) in [4.78, 5) is 4.15. The van der Waals surface area contributed by atoms with Gasteiger partial charge in [0, 0.05) is 6.54 Å². The number of aromatic nitrogens is 3. The molecule has 2 N–H and O–H groups in total. The van der Waals surface area contributed by atoms with Gasteiger partial charge in [-0.3, -0.25) is 0 Å². The SMILES string of the molecule is CCC(C)(O)CNc1nc2ccc(F)cn2n1. The number of fused-ring (bicyclic) bond motifs is 1. The number of pyridine rings is 1. The van der Waals surface area contributed by atoms with Crippen LogP contribution in [0.25, 0.3) is 5.65 Å². The number of hydrogen-bond donors (Lipinski definition) is 2. The van der Waals surface area contributed by atoms with E-state index < -0.39 is 5.60 Å². The second-order valence-corrected chi connectivity index (χ2v) is 4.29. The number of hydrogen-bond acceptors (Lipinski definition) is 4. The lowest BCUT2D eigenvalue weighted by molar-refractivity contribution is 0.0695. The van der Waals surface area contributed by atoms with Crippen LogP contribution in [0, 0.1) is 5.82 Å². The van der Waals surface area contributed by atoms with Gasteiger partial charge < -0.3 is 10.4 Å². The van der Waals surface area contributed by atoms with Crippen LogP contribution >= 0.6 is 0 Å². The van der Waals surface area contributed by atoms with E-state index in [2.05, 4.69) is 15.4 Å². The minimum Gasteiger partial charge on any atom is -0.388 e. The molecular weight excluding hydrogens is 223 g/mol. The summed E-state index contributed by atoms with van der Waals surface area (Å²) in [6, 6.07) is 2.88. The largest absolute Gasteiger partial charge is 0.388 e. The van der Waals surface area contributed by atoms with Crippen molar-refractivity contribution in [3.8, 4) is 0 Å². The van der Waals surface area contributed by atoms with Crippen molar-refractivity contribution >= 4 is 11.6 Å². The van der Waals surface area contributed by atoms with Gasteiger partial charge in [0.1, 0.15) is 5.82 Å². The second-order valence-electron chi connectivity index (χ2n) is 4.29. The zero-order valence-electron chi connectivity index (χ0n) is 9.81. The highest BCUT2D eigenvalue weighted by molar-refractivity contribution is 5.43. The van der Waals surface area contributed by atoms with Gasteiger partial charge in [0.2, 0.25) is 5.95 Å². The van der Waals surface area contributed by atoms with Gasteiger partial charge in [-0.05, 0) is 25.5 Å². The Labute approximate surface area is 98.3 Å². The molecule has 0 bridgehead atoms. The average molecular weight is 238 g/mol. The Bertz CT molecular complexity index is 523. The minimum atomic E-state index is -0.803. The van der Waals surface area contributed by atoms with Crippen molar-refractivity contribution in [2.75, 3.05) is 11.9 Å². The van der Waals surface area contributed by atoms with Crippen LogP contribution in [0.15, 0.2) is 18.3 Å². The summed E-state index contributed by atoms with van der Waals surface area (Å²) in [5, 5.41) is 16.8. The molecule has 0 spiro atoms. The lowest BCUT2D eigenvalue weighted by Gasteiger charge is -2.20. The molecule has 1 atom stereocenters. The van der Waals surface area contributed by atoms with E-state index in [-0.39, 0.29) is 5.82 Å². The summed E-state index contributed by atoms with van der Waals surface area (Å²) in [7, 11) is 0. The molecule has 2 aromatic heterocycles. The van der Waals surface area contributed by atoms with Crippen LogP contribution in [0.5, 0.6) is 0 Å². The fraction of sp³-hybridized carbons (Fsp3) is 0.455. The van der Waals surface area contributed by atoms with E-state index in [1.165, 1.54) is 16.8 Å². The Morgan fingerprint density at radius 3 is 3.00 bits per heavy atom. The van der Waals surface area contributed by atoms with Crippen LogP contribution in [0.3, 0.4) is 0 Å². The third-order valence-electron chi connectivity index (χ3n) is 2.68. The van der Waals surface area contributed by atoms with E-state index in [4.69, 9.17) is 0 Å². The molecular formula is C11H15FN4O. The first-order valence-corrected chi connectivity index (χ1v) is 5.48. The van der Waals surface area contributed by atoms with Crippen LogP contribution in [0.1, 0.15) is 20.3 Å². The quantitative estimate of drug-likeness (QED) is 0.846. The highest BCUT2D eigenvalue weighted by atomic mass is 19.1. The highest BCUT2D eigenvalue weighted by Gasteiger charge is 2.17. The van der Waals surface area contributed by atoms with E-state index >= 15 is 0 Å². The lowest BCUT2D eigenvalue weighted by Crippen LogP contribution is -2.32. The van der Waals surface area contributed by atoms with Crippen molar-refractivity contribution in [2.45, 2.75) is 25.9 Å². The van der Waals surface area contributed by atoms with E-state index in [9.17, 15) is 9.50 Å². The third kappa shape index (κ3) is 2.71. The van der Waals surface area contributed by atoms with Gasteiger partial charge in [-0.15, -0.1) is 5.10 Å². The molecule has 0 aliphatic carbocycles. The van der Waals surface area contributed by atoms with E-state index in [0.717, 1.165) is 0 Å². The summed E-state index contributed by atoms with van der Waals surface area (Å²) in [5.74, 6) is 0.0128. The fourth-order valence-electron chi connectivity index (χ4n) is 1.33. The zero-order valence-corrected chi connectivity index (χ0v) is 9.81. The van der Waals surface area contributed by atoms with Crippen molar-refractivity contribution in [3.63, 3.8) is 0 Å². The summed E-state index contributed by atoms with van der Waals surface area (Å²) < 4.78 is 14.3. The first-order chi connectivity index (χ1) is 8.00. The molecule has 0 fully saturated rings. The molecule has 0 aromatic carbocycles. The summed E-state index contributed by atoms with van der Waals surface area (Å²) >= 11 is 0. The van der Waals surface area contributed by atoms with Crippen LogP contribution in [0.4, 0.5) is 10.3 Å². The number of anilines is 1. The van der Waals surface area contributed by atoms with Gasteiger partial charge in [0.05, 0.1) is 11.8 Å². The molecule has 2 heterocycles. The zero-order chi connectivity index (χ0) is 12.5. The molecule has 17 heavy (non-hydrogen) atoms. The predicted octanol–water partition coefficient (Wildman–Crippen LogP) is 1.44. The molecule has 0 amide bonds. The first kappa shape index (κ1) is 11.8. The number of rotatable bonds is 4. The fourth-order valence-corrected chi connectivity index (χ4v) is 1.33. The van der Waals surface area contributed by atoms with Crippen LogP contribution in [0.2, 0.25) is 0 Å².